The zero-order valence-electron chi connectivity index (χ0n) is 12.1. The predicted octanol–water partition coefficient (Wildman–Crippen LogP) is 1.49. The molecule has 0 fully saturated rings. The highest BCUT2D eigenvalue weighted by molar-refractivity contribution is 5.77. The van der Waals surface area contributed by atoms with E-state index in [0.717, 1.165) is 25.1 Å². The Morgan fingerprint density at radius 1 is 1.33 bits per heavy atom. The van der Waals surface area contributed by atoms with Crippen LogP contribution in [0.3, 0.4) is 0 Å². The van der Waals surface area contributed by atoms with Crippen LogP contribution in [-0.2, 0) is 17.6 Å². The second-order valence-electron chi connectivity index (χ2n) is 4.67. The van der Waals surface area contributed by atoms with E-state index in [1.54, 1.807) is 0 Å². The molecular formula is C15H20N4O2. The van der Waals surface area contributed by atoms with Gasteiger partial charge in [-0.05, 0) is 30.5 Å². The molecule has 0 aliphatic heterocycles. The third-order valence-electron chi connectivity index (χ3n) is 3.08. The van der Waals surface area contributed by atoms with Gasteiger partial charge in [-0.25, -0.2) is 4.98 Å². The van der Waals surface area contributed by atoms with Crippen LogP contribution >= 0.6 is 0 Å². The first kappa shape index (κ1) is 15.0. The van der Waals surface area contributed by atoms with Gasteiger partial charge in [-0.3, -0.25) is 9.89 Å². The first-order chi connectivity index (χ1) is 10.3. The molecule has 2 N–H and O–H groups in total. The van der Waals surface area contributed by atoms with Crippen molar-refractivity contribution >= 4 is 5.91 Å². The highest BCUT2D eigenvalue weighted by Gasteiger charge is 2.03. The second-order valence-corrected chi connectivity index (χ2v) is 4.67. The Bertz CT molecular complexity index is 537. The number of aromatic nitrogens is 3. The highest BCUT2D eigenvalue weighted by atomic mass is 16.5. The number of hydrogen-bond donors (Lipinski definition) is 2. The number of nitrogens with zero attached hydrogens (tertiary/aromatic N) is 2. The molecule has 0 spiro atoms. The Balaban J connectivity index is 1.60. The van der Waals surface area contributed by atoms with Gasteiger partial charge in [0.2, 0.25) is 0 Å². The molecule has 21 heavy (non-hydrogen) atoms. The minimum Gasteiger partial charge on any atom is -0.484 e. The summed E-state index contributed by atoms with van der Waals surface area (Å²) in [6, 6.07) is 7.78. The van der Waals surface area contributed by atoms with E-state index < -0.39 is 0 Å². The molecule has 0 saturated heterocycles. The Labute approximate surface area is 123 Å². The van der Waals surface area contributed by atoms with E-state index in [4.69, 9.17) is 4.74 Å². The summed E-state index contributed by atoms with van der Waals surface area (Å²) in [6.07, 6.45) is 4.04. The Hall–Kier alpha value is -2.37. The van der Waals surface area contributed by atoms with E-state index in [1.165, 1.54) is 11.9 Å². The zero-order chi connectivity index (χ0) is 14.9. The molecule has 6 nitrogen and oxygen atoms in total. The van der Waals surface area contributed by atoms with Crippen molar-refractivity contribution in [2.75, 3.05) is 13.2 Å². The number of aryl methyl sites for hydroxylation is 2. The summed E-state index contributed by atoms with van der Waals surface area (Å²) in [5, 5.41) is 9.36. The fourth-order valence-corrected chi connectivity index (χ4v) is 1.86. The van der Waals surface area contributed by atoms with Crippen LogP contribution in [0.15, 0.2) is 30.6 Å². The standard InChI is InChI=1S/C15H20N4O2/c1-2-12-5-7-13(8-6-12)21-10-15(20)16-9-3-4-14-17-11-18-19-14/h5-8,11H,2-4,9-10H2,1H3,(H,16,20)(H,17,18,19). The average molecular weight is 288 g/mol. The molecule has 0 radical (unpaired) electrons. The number of amides is 1. The number of benzene rings is 1. The molecule has 0 aliphatic rings. The van der Waals surface area contributed by atoms with E-state index in [0.29, 0.717) is 12.3 Å². The lowest BCUT2D eigenvalue weighted by Crippen LogP contribution is -2.29. The maximum Gasteiger partial charge on any atom is 0.257 e. The first-order valence-electron chi connectivity index (χ1n) is 7.10. The van der Waals surface area contributed by atoms with Crippen molar-refractivity contribution in [1.29, 1.82) is 0 Å². The molecule has 6 heteroatoms. The van der Waals surface area contributed by atoms with Crippen LogP contribution in [0.1, 0.15) is 24.7 Å². The van der Waals surface area contributed by atoms with E-state index in [2.05, 4.69) is 27.4 Å². The normalized spacial score (nSPS) is 10.3. The van der Waals surface area contributed by atoms with Crippen LogP contribution in [-0.4, -0.2) is 34.2 Å². The topological polar surface area (TPSA) is 79.9 Å². The van der Waals surface area contributed by atoms with Gasteiger partial charge >= 0.3 is 0 Å². The minimum atomic E-state index is -0.118. The number of nitrogens with one attached hydrogen (secondary N) is 2. The largest absolute Gasteiger partial charge is 0.484 e. The molecule has 1 heterocycles. The number of rotatable bonds is 8. The summed E-state index contributed by atoms with van der Waals surface area (Å²) in [6.45, 7) is 2.73. The van der Waals surface area contributed by atoms with Crippen LogP contribution in [0.25, 0.3) is 0 Å². The fraction of sp³-hybridized carbons (Fsp3) is 0.400. The summed E-state index contributed by atoms with van der Waals surface area (Å²) in [5.41, 5.74) is 1.25. The third-order valence-corrected chi connectivity index (χ3v) is 3.08. The monoisotopic (exact) mass is 288 g/mol. The van der Waals surface area contributed by atoms with E-state index in [1.807, 2.05) is 24.3 Å². The lowest BCUT2D eigenvalue weighted by atomic mass is 10.2. The van der Waals surface area contributed by atoms with Gasteiger partial charge in [0.25, 0.3) is 5.91 Å². The maximum atomic E-state index is 11.6. The molecule has 0 bridgehead atoms. The van der Waals surface area contributed by atoms with Crippen LogP contribution in [0, 0.1) is 0 Å². The van der Waals surface area contributed by atoms with Crippen molar-refractivity contribution in [3.05, 3.63) is 42.0 Å². The van der Waals surface area contributed by atoms with Crippen molar-refractivity contribution in [2.24, 2.45) is 0 Å². The Kier molecular flexibility index (Phi) is 5.75. The SMILES string of the molecule is CCc1ccc(OCC(=O)NCCCc2ncn[nH]2)cc1. The van der Waals surface area contributed by atoms with Crippen LogP contribution in [0.4, 0.5) is 0 Å². The van der Waals surface area contributed by atoms with Crippen molar-refractivity contribution in [1.82, 2.24) is 20.5 Å². The highest BCUT2D eigenvalue weighted by Crippen LogP contribution is 2.12. The molecule has 0 unspecified atom stereocenters. The maximum absolute atomic E-state index is 11.6. The van der Waals surface area contributed by atoms with Gasteiger partial charge in [-0.15, -0.1) is 0 Å². The summed E-state index contributed by atoms with van der Waals surface area (Å²) < 4.78 is 5.43. The van der Waals surface area contributed by atoms with Crippen molar-refractivity contribution in [2.45, 2.75) is 26.2 Å². The first-order valence-corrected chi connectivity index (χ1v) is 7.10. The molecule has 1 aromatic carbocycles. The second kappa shape index (κ2) is 8.04. The minimum absolute atomic E-state index is 0.0355. The van der Waals surface area contributed by atoms with E-state index in [9.17, 15) is 4.79 Å². The molecule has 2 rings (SSSR count). The molecule has 112 valence electrons. The quantitative estimate of drug-likeness (QED) is 0.721. The number of carbonyl (C=O) groups is 1. The van der Waals surface area contributed by atoms with Crippen LogP contribution < -0.4 is 10.1 Å². The van der Waals surface area contributed by atoms with Crippen molar-refractivity contribution < 1.29 is 9.53 Å². The number of carbonyl (C=O) groups excluding carboxylic acids is 1. The van der Waals surface area contributed by atoms with E-state index in [-0.39, 0.29) is 12.5 Å². The summed E-state index contributed by atoms with van der Waals surface area (Å²) >= 11 is 0. The lowest BCUT2D eigenvalue weighted by Gasteiger charge is -2.07. The Morgan fingerprint density at radius 2 is 2.14 bits per heavy atom. The van der Waals surface area contributed by atoms with E-state index >= 15 is 0 Å². The molecule has 0 atom stereocenters. The molecule has 1 aromatic heterocycles. The molecule has 2 aromatic rings. The van der Waals surface area contributed by atoms with Gasteiger partial charge in [0.05, 0.1) is 0 Å². The summed E-state index contributed by atoms with van der Waals surface area (Å²) in [5.74, 6) is 1.42. The number of ether oxygens (including phenoxy) is 1. The lowest BCUT2D eigenvalue weighted by molar-refractivity contribution is -0.123. The Morgan fingerprint density at radius 3 is 2.81 bits per heavy atom. The number of aromatic amines is 1. The third kappa shape index (κ3) is 5.25. The van der Waals surface area contributed by atoms with Crippen molar-refractivity contribution in [3.63, 3.8) is 0 Å². The number of hydrogen-bond acceptors (Lipinski definition) is 4. The average Bonchev–Trinajstić information content (AvgIpc) is 3.03. The number of H-pyrrole nitrogens is 1. The van der Waals surface area contributed by atoms with Gasteiger partial charge in [0.1, 0.15) is 17.9 Å². The predicted molar refractivity (Wildman–Crippen MR) is 79.0 cm³/mol. The molecule has 1 amide bonds. The summed E-state index contributed by atoms with van der Waals surface area (Å²) in [7, 11) is 0. The van der Waals surface area contributed by atoms with Gasteiger partial charge in [0, 0.05) is 13.0 Å². The molecular weight excluding hydrogens is 268 g/mol. The van der Waals surface area contributed by atoms with Crippen molar-refractivity contribution in [3.8, 4) is 5.75 Å². The van der Waals surface area contributed by atoms with Crippen LogP contribution in [0.2, 0.25) is 0 Å². The fourth-order valence-electron chi connectivity index (χ4n) is 1.86. The van der Waals surface area contributed by atoms with Gasteiger partial charge in [-0.1, -0.05) is 19.1 Å². The zero-order valence-corrected chi connectivity index (χ0v) is 12.1. The molecule has 0 saturated carbocycles. The van der Waals surface area contributed by atoms with Gasteiger partial charge in [0.15, 0.2) is 6.61 Å². The molecule has 0 aliphatic carbocycles. The van der Waals surface area contributed by atoms with Crippen LogP contribution in [0.5, 0.6) is 5.75 Å². The summed E-state index contributed by atoms with van der Waals surface area (Å²) in [4.78, 5) is 15.6. The van der Waals surface area contributed by atoms with Gasteiger partial charge in [-0.2, -0.15) is 5.10 Å². The smallest absolute Gasteiger partial charge is 0.257 e. The van der Waals surface area contributed by atoms with Gasteiger partial charge < -0.3 is 10.1 Å².